The van der Waals surface area contributed by atoms with Gasteiger partial charge in [-0.15, -0.1) is 0 Å². The maximum atomic E-state index is 12.5. The van der Waals surface area contributed by atoms with Gasteiger partial charge < -0.3 is 0 Å². The number of nitrogens with zero attached hydrogens (tertiary/aromatic N) is 2. The molecule has 7 nitrogen and oxygen atoms in total. The third kappa shape index (κ3) is 3.31. The first-order chi connectivity index (χ1) is 10.9. The predicted octanol–water partition coefficient (Wildman–Crippen LogP) is 1.50. The number of hydrogen-bond acceptors (Lipinski definition) is 5. The minimum absolute atomic E-state index is 0.0520. The van der Waals surface area contributed by atoms with Crippen LogP contribution in [0, 0.1) is 11.3 Å². The van der Waals surface area contributed by atoms with Gasteiger partial charge >= 0.3 is 0 Å². The van der Waals surface area contributed by atoms with E-state index in [-0.39, 0.29) is 10.5 Å². The Labute approximate surface area is 133 Å². The number of nitriles is 1. The molecule has 0 atom stereocenters. The van der Waals surface area contributed by atoms with E-state index in [0.29, 0.717) is 11.3 Å². The van der Waals surface area contributed by atoms with Crippen molar-refractivity contribution in [2.75, 3.05) is 11.4 Å². The summed E-state index contributed by atoms with van der Waals surface area (Å²) in [5.74, 6) is -0.686. The quantitative estimate of drug-likeness (QED) is 0.651. The summed E-state index contributed by atoms with van der Waals surface area (Å²) in [5.41, 5.74) is 2.41. The van der Waals surface area contributed by atoms with E-state index in [9.17, 15) is 13.2 Å². The molecular weight excluding hydrogens is 318 g/mol. The summed E-state index contributed by atoms with van der Waals surface area (Å²) in [7, 11) is -2.40. The smallest absolute Gasteiger partial charge is 0.274 e. The fraction of sp³-hybridized carbons (Fsp3) is 0.0667. The van der Waals surface area contributed by atoms with Crippen LogP contribution in [0.15, 0.2) is 53.4 Å². The SMILES string of the molecule is CN(c1ccc(C(=O)NO)cc1)S(=O)(=O)c1ccc(C#N)cc1. The average molecular weight is 331 g/mol. The van der Waals surface area contributed by atoms with E-state index in [0.717, 1.165) is 4.31 Å². The molecule has 0 aliphatic carbocycles. The molecule has 0 saturated carbocycles. The molecule has 2 N–H and O–H groups in total. The van der Waals surface area contributed by atoms with Gasteiger partial charge in [0.1, 0.15) is 0 Å². The van der Waals surface area contributed by atoms with Gasteiger partial charge in [-0.25, -0.2) is 13.9 Å². The van der Waals surface area contributed by atoms with E-state index >= 15 is 0 Å². The highest BCUT2D eigenvalue weighted by Crippen LogP contribution is 2.22. The van der Waals surface area contributed by atoms with Crippen molar-refractivity contribution < 1.29 is 18.4 Å². The van der Waals surface area contributed by atoms with Crippen LogP contribution in [0.25, 0.3) is 0 Å². The average Bonchev–Trinajstić information content (AvgIpc) is 2.60. The Hall–Kier alpha value is -2.89. The number of nitrogens with one attached hydrogen (secondary N) is 1. The van der Waals surface area contributed by atoms with E-state index in [1.165, 1.54) is 61.1 Å². The number of hydroxylamine groups is 1. The monoisotopic (exact) mass is 331 g/mol. The van der Waals surface area contributed by atoms with Gasteiger partial charge in [0, 0.05) is 12.6 Å². The van der Waals surface area contributed by atoms with Crippen molar-refractivity contribution in [1.29, 1.82) is 5.26 Å². The molecule has 0 fully saturated rings. The van der Waals surface area contributed by atoms with E-state index in [2.05, 4.69) is 0 Å². The second kappa shape index (κ2) is 6.48. The van der Waals surface area contributed by atoms with Crippen molar-refractivity contribution >= 4 is 21.6 Å². The van der Waals surface area contributed by atoms with Crippen LogP contribution in [-0.2, 0) is 10.0 Å². The van der Waals surface area contributed by atoms with Gasteiger partial charge in [-0.05, 0) is 48.5 Å². The molecule has 2 aromatic rings. The standard InChI is InChI=1S/C15H13N3O4S/c1-18(13-6-4-12(5-7-13)15(19)17-20)23(21,22)14-8-2-11(10-16)3-9-14/h2-9,20H,1H3,(H,17,19). The van der Waals surface area contributed by atoms with Crippen molar-refractivity contribution in [3.63, 3.8) is 0 Å². The van der Waals surface area contributed by atoms with Gasteiger partial charge in [-0.1, -0.05) is 0 Å². The van der Waals surface area contributed by atoms with Gasteiger partial charge in [0.15, 0.2) is 0 Å². The molecule has 0 spiro atoms. The lowest BCUT2D eigenvalue weighted by atomic mass is 10.2. The zero-order valence-corrected chi connectivity index (χ0v) is 12.9. The maximum absolute atomic E-state index is 12.5. The molecular formula is C15H13N3O4S. The molecule has 0 unspecified atom stereocenters. The minimum Gasteiger partial charge on any atom is -0.288 e. The number of sulfonamides is 1. The van der Waals surface area contributed by atoms with Crippen molar-refractivity contribution in [2.24, 2.45) is 0 Å². The minimum atomic E-state index is -3.78. The summed E-state index contributed by atoms with van der Waals surface area (Å²) in [4.78, 5) is 11.3. The zero-order valence-electron chi connectivity index (χ0n) is 12.1. The van der Waals surface area contributed by atoms with Crippen LogP contribution in [0.5, 0.6) is 0 Å². The van der Waals surface area contributed by atoms with Crippen molar-refractivity contribution in [3.05, 3.63) is 59.7 Å². The fourth-order valence-corrected chi connectivity index (χ4v) is 3.08. The summed E-state index contributed by atoms with van der Waals surface area (Å²) in [6.45, 7) is 0. The lowest BCUT2D eigenvalue weighted by Gasteiger charge is -2.19. The second-order valence-corrected chi connectivity index (χ2v) is 6.57. The number of hydrogen-bond donors (Lipinski definition) is 2. The van der Waals surface area contributed by atoms with Gasteiger partial charge in [0.05, 0.1) is 22.2 Å². The topological polar surface area (TPSA) is 110 Å². The zero-order chi connectivity index (χ0) is 17.0. The van der Waals surface area contributed by atoms with Crippen molar-refractivity contribution in [1.82, 2.24) is 5.48 Å². The van der Waals surface area contributed by atoms with Gasteiger partial charge in [0.25, 0.3) is 15.9 Å². The van der Waals surface area contributed by atoms with Crippen LogP contribution in [0.3, 0.4) is 0 Å². The van der Waals surface area contributed by atoms with Gasteiger partial charge in [-0.3, -0.25) is 14.3 Å². The number of anilines is 1. The molecule has 0 heterocycles. The summed E-state index contributed by atoms with van der Waals surface area (Å²) >= 11 is 0. The highest BCUT2D eigenvalue weighted by molar-refractivity contribution is 7.92. The molecule has 1 amide bonds. The first-order valence-electron chi connectivity index (χ1n) is 6.43. The lowest BCUT2D eigenvalue weighted by Crippen LogP contribution is -2.26. The lowest BCUT2D eigenvalue weighted by molar-refractivity contribution is 0.0706. The third-order valence-electron chi connectivity index (χ3n) is 3.24. The van der Waals surface area contributed by atoms with Crippen LogP contribution in [-0.4, -0.2) is 26.6 Å². The van der Waals surface area contributed by atoms with E-state index in [1.54, 1.807) is 0 Å². The van der Waals surface area contributed by atoms with Crippen molar-refractivity contribution in [3.8, 4) is 6.07 Å². The largest absolute Gasteiger partial charge is 0.288 e. The molecule has 0 radical (unpaired) electrons. The summed E-state index contributed by atoms with van der Waals surface area (Å²) < 4.78 is 26.1. The Kier molecular flexibility index (Phi) is 4.64. The van der Waals surface area contributed by atoms with Crippen molar-refractivity contribution in [2.45, 2.75) is 4.90 Å². The van der Waals surface area contributed by atoms with E-state index in [4.69, 9.17) is 10.5 Å². The van der Waals surface area contributed by atoms with Crippen LogP contribution < -0.4 is 9.79 Å². The van der Waals surface area contributed by atoms with Crippen LogP contribution >= 0.6 is 0 Å². The number of rotatable bonds is 4. The molecule has 0 aliphatic heterocycles. The van der Waals surface area contributed by atoms with E-state index in [1.807, 2.05) is 6.07 Å². The number of carbonyl (C=O) groups excluding carboxylic acids is 1. The Morgan fingerprint density at radius 1 is 1.13 bits per heavy atom. The van der Waals surface area contributed by atoms with Gasteiger partial charge in [-0.2, -0.15) is 5.26 Å². The molecule has 0 aromatic heterocycles. The Morgan fingerprint density at radius 2 is 1.70 bits per heavy atom. The highest BCUT2D eigenvalue weighted by Gasteiger charge is 2.21. The molecule has 118 valence electrons. The highest BCUT2D eigenvalue weighted by atomic mass is 32.2. The molecule has 2 aromatic carbocycles. The number of amides is 1. The fourth-order valence-electron chi connectivity index (χ4n) is 1.89. The predicted molar refractivity (Wildman–Crippen MR) is 82.4 cm³/mol. The Morgan fingerprint density at radius 3 is 2.17 bits per heavy atom. The first-order valence-corrected chi connectivity index (χ1v) is 7.87. The summed E-state index contributed by atoms with van der Waals surface area (Å²) in [5, 5.41) is 17.3. The molecule has 0 bridgehead atoms. The summed E-state index contributed by atoms with van der Waals surface area (Å²) in [6, 6.07) is 13.2. The summed E-state index contributed by atoms with van der Waals surface area (Å²) in [6.07, 6.45) is 0. The Balaban J connectivity index is 2.32. The molecule has 2 rings (SSSR count). The first kappa shape index (κ1) is 16.5. The number of benzene rings is 2. The van der Waals surface area contributed by atoms with Crippen LogP contribution in [0.1, 0.15) is 15.9 Å². The molecule has 23 heavy (non-hydrogen) atoms. The molecule has 0 saturated heterocycles. The second-order valence-electron chi connectivity index (χ2n) is 4.60. The van der Waals surface area contributed by atoms with Crippen LogP contribution in [0.4, 0.5) is 5.69 Å². The normalized spacial score (nSPS) is 10.7. The molecule has 0 aliphatic rings. The molecule has 8 heteroatoms. The maximum Gasteiger partial charge on any atom is 0.274 e. The Bertz CT molecular complexity index is 853. The third-order valence-corrected chi connectivity index (χ3v) is 5.04. The van der Waals surface area contributed by atoms with Crippen LogP contribution in [0.2, 0.25) is 0 Å². The number of carbonyl (C=O) groups is 1. The van der Waals surface area contributed by atoms with E-state index < -0.39 is 15.9 Å². The van der Waals surface area contributed by atoms with Gasteiger partial charge in [0.2, 0.25) is 0 Å².